The van der Waals surface area contributed by atoms with Gasteiger partial charge in [-0.25, -0.2) is 9.67 Å². The molecule has 1 aromatic carbocycles. The topological polar surface area (TPSA) is 99.8 Å². The number of carbonyl (C=O) groups is 1. The van der Waals surface area contributed by atoms with Crippen LogP contribution in [0.4, 0.5) is 5.69 Å². The van der Waals surface area contributed by atoms with Crippen molar-refractivity contribution in [3.8, 4) is 17.1 Å². The zero-order chi connectivity index (χ0) is 17.6. The van der Waals surface area contributed by atoms with Crippen LogP contribution in [0.25, 0.3) is 17.1 Å². The normalized spacial score (nSPS) is 12.5. The Hall–Kier alpha value is -2.80. The minimum Gasteiger partial charge on any atom is -0.399 e. The van der Waals surface area contributed by atoms with Crippen LogP contribution in [0.1, 0.15) is 21.6 Å². The van der Waals surface area contributed by atoms with Gasteiger partial charge in [-0.05, 0) is 48.9 Å². The van der Waals surface area contributed by atoms with Gasteiger partial charge in [0.2, 0.25) is 0 Å². The standard InChI is InChI=1S/C18H17N5OS/c1-25-12-5-7-15(21-9-12)23-17-13(16(22-23)18(20)24)6-3-10-2-4-11(19)8-14(10)17/h2,4-5,7-9H,3,6,19H2,1H3,(H2,20,24). The molecule has 0 bridgehead atoms. The third kappa shape index (κ3) is 2.56. The van der Waals surface area contributed by atoms with Gasteiger partial charge >= 0.3 is 0 Å². The number of aromatic nitrogens is 3. The summed E-state index contributed by atoms with van der Waals surface area (Å²) < 4.78 is 1.71. The number of anilines is 1. The number of nitrogens with zero attached hydrogens (tertiary/aromatic N) is 3. The first kappa shape index (κ1) is 15.7. The summed E-state index contributed by atoms with van der Waals surface area (Å²) in [6.45, 7) is 0. The fraction of sp³-hybridized carbons (Fsp3) is 0.167. The lowest BCUT2D eigenvalue weighted by atomic mass is 9.88. The molecule has 0 saturated heterocycles. The molecule has 0 unspecified atom stereocenters. The number of aryl methyl sites for hydroxylation is 1. The summed E-state index contributed by atoms with van der Waals surface area (Å²) in [7, 11) is 0. The average Bonchev–Trinajstić information content (AvgIpc) is 3.02. The molecule has 4 N–H and O–H groups in total. The Balaban J connectivity index is 1.98. The highest BCUT2D eigenvalue weighted by atomic mass is 32.2. The van der Waals surface area contributed by atoms with Crippen LogP contribution in [0.15, 0.2) is 41.4 Å². The van der Waals surface area contributed by atoms with Crippen molar-refractivity contribution in [2.75, 3.05) is 12.0 Å². The number of benzene rings is 1. The van der Waals surface area contributed by atoms with Crippen molar-refractivity contribution < 1.29 is 4.79 Å². The van der Waals surface area contributed by atoms with Gasteiger partial charge in [0.05, 0.1) is 5.69 Å². The summed E-state index contributed by atoms with van der Waals surface area (Å²) in [5, 5.41) is 4.48. The van der Waals surface area contributed by atoms with E-state index in [-0.39, 0.29) is 0 Å². The van der Waals surface area contributed by atoms with E-state index < -0.39 is 5.91 Å². The first-order chi connectivity index (χ1) is 12.1. The molecular formula is C18H17N5OS. The number of hydrogen-bond donors (Lipinski definition) is 2. The zero-order valence-corrected chi connectivity index (χ0v) is 14.5. The zero-order valence-electron chi connectivity index (χ0n) is 13.7. The van der Waals surface area contributed by atoms with E-state index in [4.69, 9.17) is 11.5 Å². The molecule has 0 aliphatic heterocycles. The molecular weight excluding hydrogens is 334 g/mol. The summed E-state index contributed by atoms with van der Waals surface area (Å²) in [6.07, 6.45) is 5.33. The van der Waals surface area contributed by atoms with Gasteiger partial charge in [-0.3, -0.25) is 4.79 Å². The number of rotatable bonds is 3. The molecule has 2 heterocycles. The summed E-state index contributed by atoms with van der Waals surface area (Å²) in [4.78, 5) is 17.4. The molecule has 2 aromatic heterocycles. The lowest BCUT2D eigenvalue weighted by Gasteiger charge is -2.19. The molecule has 7 heteroatoms. The predicted molar refractivity (Wildman–Crippen MR) is 98.9 cm³/mol. The molecule has 6 nitrogen and oxygen atoms in total. The van der Waals surface area contributed by atoms with Crippen molar-refractivity contribution in [3.63, 3.8) is 0 Å². The van der Waals surface area contributed by atoms with Crippen LogP contribution in [-0.4, -0.2) is 26.9 Å². The second kappa shape index (κ2) is 5.93. The number of fused-ring (bicyclic) bond motifs is 3. The average molecular weight is 351 g/mol. The van der Waals surface area contributed by atoms with Crippen LogP contribution in [0, 0.1) is 0 Å². The minimum atomic E-state index is -0.525. The number of amides is 1. The van der Waals surface area contributed by atoms with Crippen LogP contribution in [0.3, 0.4) is 0 Å². The van der Waals surface area contributed by atoms with Crippen LogP contribution in [0.5, 0.6) is 0 Å². The summed E-state index contributed by atoms with van der Waals surface area (Å²) >= 11 is 1.62. The Morgan fingerprint density at radius 3 is 2.76 bits per heavy atom. The van der Waals surface area contributed by atoms with Gasteiger partial charge < -0.3 is 11.5 Å². The largest absolute Gasteiger partial charge is 0.399 e. The van der Waals surface area contributed by atoms with Crippen LogP contribution < -0.4 is 11.5 Å². The first-order valence-electron chi connectivity index (χ1n) is 7.89. The van der Waals surface area contributed by atoms with Gasteiger partial charge in [-0.2, -0.15) is 5.10 Å². The second-order valence-electron chi connectivity index (χ2n) is 5.92. The van der Waals surface area contributed by atoms with Gasteiger partial charge in [0.1, 0.15) is 0 Å². The Bertz CT molecular complexity index is 978. The van der Waals surface area contributed by atoms with Crippen LogP contribution in [0.2, 0.25) is 0 Å². The summed E-state index contributed by atoms with van der Waals surface area (Å²) in [5.74, 6) is 0.125. The number of nitrogen functional groups attached to an aromatic ring is 1. The van der Waals surface area contributed by atoms with Crippen molar-refractivity contribution in [1.82, 2.24) is 14.8 Å². The van der Waals surface area contributed by atoms with Crippen molar-refractivity contribution in [2.24, 2.45) is 5.73 Å². The number of primary amides is 1. The lowest BCUT2D eigenvalue weighted by molar-refractivity contribution is 0.0994. The Morgan fingerprint density at radius 2 is 2.08 bits per heavy atom. The van der Waals surface area contributed by atoms with E-state index in [1.54, 1.807) is 22.6 Å². The van der Waals surface area contributed by atoms with Gasteiger partial charge in [0.15, 0.2) is 11.5 Å². The number of pyridine rings is 1. The molecule has 3 aromatic rings. The minimum absolute atomic E-state index is 0.304. The van der Waals surface area contributed by atoms with E-state index in [0.717, 1.165) is 28.1 Å². The molecule has 4 rings (SSSR count). The maximum absolute atomic E-state index is 11.9. The fourth-order valence-corrected chi connectivity index (χ4v) is 3.60. The van der Waals surface area contributed by atoms with E-state index in [1.807, 2.05) is 36.6 Å². The van der Waals surface area contributed by atoms with E-state index in [0.29, 0.717) is 23.6 Å². The van der Waals surface area contributed by atoms with Gasteiger partial charge in [-0.1, -0.05) is 6.07 Å². The molecule has 1 aliphatic carbocycles. The second-order valence-corrected chi connectivity index (χ2v) is 6.80. The van der Waals surface area contributed by atoms with Crippen molar-refractivity contribution in [2.45, 2.75) is 17.7 Å². The molecule has 0 saturated carbocycles. The lowest BCUT2D eigenvalue weighted by Crippen LogP contribution is -2.15. The summed E-state index contributed by atoms with van der Waals surface area (Å²) in [5.41, 5.74) is 16.4. The number of nitrogens with two attached hydrogens (primary N) is 2. The van der Waals surface area contributed by atoms with E-state index in [9.17, 15) is 4.79 Å². The summed E-state index contributed by atoms with van der Waals surface area (Å²) in [6, 6.07) is 9.72. The van der Waals surface area contributed by atoms with E-state index in [1.165, 1.54) is 5.56 Å². The Kier molecular flexibility index (Phi) is 3.73. The molecule has 25 heavy (non-hydrogen) atoms. The Labute approximate surface area is 149 Å². The number of hydrogen-bond acceptors (Lipinski definition) is 5. The number of carbonyl (C=O) groups excluding carboxylic acids is 1. The van der Waals surface area contributed by atoms with Crippen molar-refractivity contribution in [1.29, 1.82) is 0 Å². The molecule has 0 spiro atoms. The quantitative estimate of drug-likeness (QED) is 0.558. The smallest absolute Gasteiger partial charge is 0.269 e. The molecule has 0 atom stereocenters. The van der Waals surface area contributed by atoms with Crippen molar-refractivity contribution in [3.05, 3.63) is 53.3 Å². The Morgan fingerprint density at radius 1 is 1.24 bits per heavy atom. The molecule has 126 valence electrons. The highest BCUT2D eigenvalue weighted by Crippen LogP contribution is 2.37. The third-order valence-corrected chi connectivity index (χ3v) is 5.14. The highest BCUT2D eigenvalue weighted by Gasteiger charge is 2.28. The van der Waals surface area contributed by atoms with Crippen LogP contribution in [-0.2, 0) is 12.8 Å². The fourth-order valence-electron chi connectivity index (χ4n) is 3.24. The van der Waals surface area contributed by atoms with E-state index in [2.05, 4.69) is 10.1 Å². The maximum atomic E-state index is 11.9. The predicted octanol–water partition coefficient (Wildman–Crippen LogP) is 2.44. The highest BCUT2D eigenvalue weighted by molar-refractivity contribution is 7.98. The number of thioether (sulfide) groups is 1. The van der Waals surface area contributed by atoms with Crippen LogP contribution >= 0.6 is 11.8 Å². The van der Waals surface area contributed by atoms with E-state index >= 15 is 0 Å². The first-order valence-corrected chi connectivity index (χ1v) is 9.12. The maximum Gasteiger partial charge on any atom is 0.269 e. The molecule has 0 fully saturated rings. The molecule has 1 amide bonds. The third-order valence-electron chi connectivity index (χ3n) is 4.42. The van der Waals surface area contributed by atoms with Crippen molar-refractivity contribution >= 4 is 23.4 Å². The molecule has 0 radical (unpaired) electrons. The van der Waals surface area contributed by atoms with Gasteiger partial charge in [0.25, 0.3) is 5.91 Å². The van der Waals surface area contributed by atoms with Gasteiger partial charge in [-0.15, -0.1) is 11.8 Å². The van der Waals surface area contributed by atoms with Gasteiger partial charge in [0, 0.05) is 27.9 Å². The molecule has 1 aliphatic rings. The SMILES string of the molecule is CSc1ccc(-n2nc(C(N)=O)c3c2-c2cc(N)ccc2CC3)nc1. The monoisotopic (exact) mass is 351 g/mol.